The number of hydrogen-bond acceptors (Lipinski definition) is 2. The van der Waals surface area contributed by atoms with E-state index < -0.39 is 0 Å². The monoisotopic (exact) mass is 599 g/mol. The van der Waals surface area contributed by atoms with Crippen molar-refractivity contribution in [2.45, 2.75) is 0 Å². The van der Waals surface area contributed by atoms with Crippen LogP contribution >= 0.6 is 0 Å². The zero-order chi connectivity index (χ0) is 31.1. The Morgan fingerprint density at radius 3 is 1.85 bits per heavy atom. The van der Waals surface area contributed by atoms with Crippen molar-refractivity contribution in [1.82, 2.24) is 9.13 Å². The molecular weight excluding hydrogens is 574 g/mol. The van der Waals surface area contributed by atoms with Crippen LogP contribution in [-0.4, -0.2) is 9.13 Å². The Bertz CT molecular complexity index is 2880. The van der Waals surface area contributed by atoms with Crippen LogP contribution in [0.3, 0.4) is 0 Å². The molecule has 0 atom stereocenters. The molecule has 0 fully saturated rings. The number of para-hydroxylation sites is 4. The number of aromatic nitrogens is 2. The summed E-state index contributed by atoms with van der Waals surface area (Å²) < 4.78 is 11.1. The van der Waals surface area contributed by atoms with E-state index in [1.54, 1.807) is 0 Å². The number of rotatable bonds is 3. The fraction of sp³-hybridized carbons (Fsp3) is 0. The van der Waals surface area contributed by atoms with Gasteiger partial charge in [-0.25, -0.2) is 0 Å². The van der Waals surface area contributed by atoms with Crippen LogP contribution in [0.5, 0.6) is 0 Å². The van der Waals surface area contributed by atoms with E-state index in [-0.39, 0.29) is 0 Å². The normalized spacial score (nSPS) is 11.8. The molecule has 0 amide bonds. The zero-order valence-corrected chi connectivity index (χ0v) is 25.2. The van der Waals surface area contributed by atoms with Crippen LogP contribution in [0, 0.1) is 11.3 Å². The van der Waals surface area contributed by atoms with Crippen molar-refractivity contribution in [1.29, 1.82) is 5.26 Å². The first-order chi connectivity index (χ1) is 23.3. The molecule has 10 rings (SSSR count). The molecule has 0 radical (unpaired) electrons. The van der Waals surface area contributed by atoms with Gasteiger partial charge in [0.25, 0.3) is 0 Å². The Balaban J connectivity index is 1.30. The summed E-state index contributed by atoms with van der Waals surface area (Å²) in [5, 5.41) is 17.0. The first-order valence-corrected chi connectivity index (χ1v) is 15.8. The lowest BCUT2D eigenvalue weighted by Gasteiger charge is -2.16. The first kappa shape index (κ1) is 25.7. The van der Waals surface area contributed by atoms with E-state index in [1.165, 1.54) is 16.2 Å². The topological polar surface area (TPSA) is 46.8 Å². The van der Waals surface area contributed by atoms with E-state index in [9.17, 15) is 5.26 Å². The molecule has 0 aliphatic heterocycles. The van der Waals surface area contributed by atoms with E-state index in [0.717, 1.165) is 71.9 Å². The highest BCUT2D eigenvalue weighted by Gasteiger charge is 2.21. The van der Waals surface area contributed by atoms with E-state index in [1.807, 2.05) is 24.3 Å². The summed E-state index contributed by atoms with van der Waals surface area (Å²) >= 11 is 0. The fourth-order valence-corrected chi connectivity index (χ4v) is 7.56. The van der Waals surface area contributed by atoms with E-state index >= 15 is 0 Å². The van der Waals surface area contributed by atoms with Gasteiger partial charge >= 0.3 is 0 Å². The predicted octanol–water partition coefficient (Wildman–Crippen LogP) is 11.3. The van der Waals surface area contributed by atoms with Crippen molar-refractivity contribution in [3.63, 3.8) is 0 Å². The van der Waals surface area contributed by atoms with Crippen LogP contribution in [0.25, 0.3) is 88.1 Å². The average Bonchev–Trinajstić information content (AvgIpc) is 3.79. The summed E-state index contributed by atoms with van der Waals surface area (Å²) in [4.78, 5) is 0. The molecule has 0 spiro atoms. The van der Waals surface area contributed by atoms with E-state index in [4.69, 9.17) is 4.42 Å². The van der Waals surface area contributed by atoms with Crippen LogP contribution in [0.2, 0.25) is 0 Å². The molecule has 3 heterocycles. The minimum atomic E-state index is 0.616. The Morgan fingerprint density at radius 1 is 0.489 bits per heavy atom. The molecule has 218 valence electrons. The zero-order valence-electron chi connectivity index (χ0n) is 25.2. The third-order valence-corrected chi connectivity index (χ3v) is 9.54. The quantitative estimate of drug-likeness (QED) is 0.203. The van der Waals surface area contributed by atoms with Crippen LogP contribution in [0.1, 0.15) is 5.56 Å². The van der Waals surface area contributed by atoms with Gasteiger partial charge in [-0.1, -0.05) is 84.9 Å². The lowest BCUT2D eigenvalue weighted by molar-refractivity contribution is 0.669. The molecule has 3 aromatic heterocycles. The van der Waals surface area contributed by atoms with Crippen molar-refractivity contribution in [3.05, 3.63) is 157 Å². The molecule has 4 nitrogen and oxygen atoms in total. The lowest BCUT2D eigenvalue weighted by atomic mass is 10.00. The van der Waals surface area contributed by atoms with Gasteiger partial charge in [0, 0.05) is 38.2 Å². The second-order valence-electron chi connectivity index (χ2n) is 12.0. The summed E-state index contributed by atoms with van der Waals surface area (Å²) in [6.45, 7) is 0. The summed E-state index contributed by atoms with van der Waals surface area (Å²) in [5.74, 6) is 0. The summed E-state index contributed by atoms with van der Waals surface area (Å²) in [5.41, 5.74) is 10.9. The fourth-order valence-electron chi connectivity index (χ4n) is 7.56. The molecule has 7 aromatic carbocycles. The minimum absolute atomic E-state index is 0.616. The molecule has 47 heavy (non-hydrogen) atoms. The second-order valence-corrected chi connectivity index (χ2v) is 12.0. The Kier molecular flexibility index (Phi) is 5.32. The van der Waals surface area contributed by atoms with Crippen LogP contribution in [-0.2, 0) is 0 Å². The molecule has 0 aliphatic rings. The molecule has 0 saturated heterocycles. The maximum Gasteiger partial charge on any atom is 0.137 e. The second kappa shape index (κ2) is 9.71. The number of benzene rings is 7. The van der Waals surface area contributed by atoms with E-state index in [2.05, 4.69) is 143 Å². The van der Waals surface area contributed by atoms with E-state index in [0.29, 0.717) is 5.56 Å². The number of furan rings is 1. The largest absolute Gasteiger partial charge is 0.456 e. The summed E-state index contributed by atoms with van der Waals surface area (Å²) in [7, 11) is 0. The molecule has 0 unspecified atom stereocenters. The molecular formula is C43H25N3O. The molecule has 0 N–H and O–H groups in total. The molecule has 10 aromatic rings. The highest BCUT2D eigenvalue weighted by atomic mass is 16.3. The molecule has 0 bridgehead atoms. The number of hydrogen-bond donors (Lipinski definition) is 0. The summed E-state index contributed by atoms with van der Waals surface area (Å²) in [6.07, 6.45) is 0. The number of nitriles is 1. The average molecular weight is 600 g/mol. The third-order valence-electron chi connectivity index (χ3n) is 9.54. The SMILES string of the molecule is N#Cc1ccc(-n2c3ccccc3c3ccc4oc5ccccc5c4c32)c(-c2cccc(-n3c4ccccc4c4ccccc43)c2)c1. The van der Waals surface area contributed by atoms with Gasteiger partial charge in [0.2, 0.25) is 0 Å². The van der Waals surface area contributed by atoms with Crippen molar-refractivity contribution >= 4 is 65.6 Å². The van der Waals surface area contributed by atoms with Crippen LogP contribution in [0.4, 0.5) is 0 Å². The van der Waals surface area contributed by atoms with Gasteiger partial charge in [-0.2, -0.15) is 5.26 Å². The number of nitrogens with zero attached hydrogens (tertiary/aromatic N) is 3. The van der Waals surface area contributed by atoms with Crippen molar-refractivity contribution in [3.8, 4) is 28.6 Å². The Hall–Kier alpha value is -6.57. The van der Waals surface area contributed by atoms with Crippen LogP contribution in [0.15, 0.2) is 156 Å². The highest BCUT2D eigenvalue weighted by Crippen LogP contribution is 2.43. The predicted molar refractivity (Wildman–Crippen MR) is 193 cm³/mol. The van der Waals surface area contributed by atoms with Gasteiger partial charge in [-0.15, -0.1) is 0 Å². The molecule has 0 aliphatic carbocycles. The summed E-state index contributed by atoms with van der Waals surface area (Å²) in [6, 6.07) is 55.3. The first-order valence-electron chi connectivity index (χ1n) is 15.8. The minimum Gasteiger partial charge on any atom is -0.456 e. The Labute approximate surface area is 269 Å². The van der Waals surface area contributed by atoms with Gasteiger partial charge in [-0.05, 0) is 72.3 Å². The molecule has 0 saturated carbocycles. The van der Waals surface area contributed by atoms with Gasteiger partial charge in [0.1, 0.15) is 11.2 Å². The van der Waals surface area contributed by atoms with Gasteiger partial charge in [0.15, 0.2) is 0 Å². The highest BCUT2D eigenvalue weighted by molar-refractivity contribution is 6.24. The lowest BCUT2D eigenvalue weighted by Crippen LogP contribution is -1.99. The van der Waals surface area contributed by atoms with Crippen molar-refractivity contribution < 1.29 is 4.42 Å². The third kappa shape index (κ3) is 3.63. The van der Waals surface area contributed by atoms with Gasteiger partial charge < -0.3 is 13.6 Å². The van der Waals surface area contributed by atoms with Gasteiger partial charge in [0.05, 0.1) is 44.8 Å². The standard InChI is InChI=1S/C43H25N3O/c44-26-27-20-22-39(46-38-18-7-3-14-32(38)33-21-23-41-42(43(33)46)34-15-4-8-19-40(34)47-41)35(24-27)28-10-9-11-29(25-28)45-36-16-5-1-12-30(36)31-13-2-6-17-37(31)45/h1-25H. The maximum atomic E-state index is 10.1. The Morgan fingerprint density at radius 2 is 1.13 bits per heavy atom. The number of fused-ring (bicyclic) bond motifs is 10. The van der Waals surface area contributed by atoms with Crippen molar-refractivity contribution in [2.75, 3.05) is 0 Å². The molecule has 4 heteroatoms. The van der Waals surface area contributed by atoms with Gasteiger partial charge in [-0.3, -0.25) is 0 Å². The smallest absolute Gasteiger partial charge is 0.137 e. The van der Waals surface area contributed by atoms with Crippen LogP contribution < -0.4 is 0 Å². The van der Waals surface area contributed by atoms with Crippen molar-refractivity contribution in [2.24, 2.45) is 0 Å². The maximum absolute atomic E-state index is 10.1.